The number of aliphatic hydroxyl groups is 1. The van der Waals surface area contributed by atoms with Crippen LogP contribution in [0.15, 0.2) is 97.2 Å². The van der Waals surface area contributed by atoms with E-state index in [1.165, 1.54) is 38.5 Å². The van der Waals surface area contributed by atoms with Crippen molar-refractivity contribution in [3.8, 4) is 0 Å². The number of aliphatic hydroxyl groups excluding tert-OH is 1. The van der Waals surface area contributed by atoms with Gasteiger partial charge in [0.1, 0.15) is 19.3 Å². The average Bonchev–Trinajstić information content (AvgIpc) is 2.24. The predicted octanol–water partition coefficient (Wildman–Crippen LogP) is 19.7. The topological polar surface area (TPSA) is 237 Å². The lowest BCUT2D eigenvalue weighted by atomic mass is 10.1. The molecule has 0 aliphatic rings. The van der Waals surface area contributed by atoms with Gasteiger partial charge in [0.2, 0.25) is 0 Å². The largest absolute Gasteiger partial charge is 0.472 e. The normalized spacial score (nSPS) is 14.6. The van der Waals surface area contributed by atoms with Gasteiger partial charge in [-0.15, -0.1) is 0 Å². The third kappa shape index (κ3) is 64.7. The molecule has 0 fully saturated rings. The minimum Gasteiger partial charge on any atom is -0.462 e. The van der Waals surface area contributed by atoms with Gasteiger partial charge in [0.05, 0.1) is 26.4 Å². The van der Waals surface area contributed by atoms with Crippen molar-refractivity contribution in [2.45, 2.75) is 303 Å². The first kappa shape index (κ1) is 88.0. The number of ether oxygens (including phenoxy) is 4. The fraction of sp³-hybridized carbons (Fsp3) is 0.726. The number of phosphoric ester groups is 2. The highest BCUT2D eigenvalue weighted by Gasteiger charge is 2.30. The third-order valence-electron chi connectivity index (χ3n) is 14.5. The summed E-state index contributed by atoms with van der Waals surface area (Å²) in [5.74, 6) is -2.25. The standard InChI is InChI=1S/C73H126O17P2/c1-5-9-13-17-21-25-29-32-33-36-39-42-46-50-54-58-71(76)84-63-68(89-72(77)59-55-51-47-43-37-28-24-20-16-12-8-4)65-87-91(79,80)85-61-67(74)62-86-92(81,82)88-66-69(90-73(78)60-56-52-48-44-40-35-31-27-23-19-15-11-7-3)64-83-70(75)57-53-49-45-41-38-34-30-26-22-18-14-10-6-2/h9,13-15,18-19,21,25-27,30-33,39,42,67-69,74H,5-8,10-12,16-17,20,22-24,28-29,34-38,40-41,43-66H2,1-4H3,(H,79,80)(H,81,82)/b13-9-,18-14-,19-15-,25-21-,30-26-,31-27-,33-32-,42-39-. The maximum absolute atomic E-state index is 13.0. The van der Waals surface area contributed by atoms with Gasteiger partial charge in [-0.3, -0.25) is 37.3 Å². The van der Waals surface area contributed by atoms with Crippen molar-refractivity contribution in [1.29, 1.82) is 0 Å². The second-order valence-corrected chi connectivity index (χ2v) is 26.4. The summed E-state index contributed by atoms with van der Waals surface area (Å²) in [7, 11) is -9.95. The number of hydrogen-bond donors (Lipinski definition) is 3. The smallest absolute Gasteiger partial charge is 0.462 e. The first-order chi connectivity index (χ1) is 44.7. The Bertz CT molecular complexity index is 2130. The molecule has 0 aliphatic heterocycles. The van der Waals surface area contributed by atoms with Gasteiger partial charge < -0.3 is 33.8 Å². The molecular formula is C73H126O17P2. The van der Waals surface area contributed by atoms with Crippen LogP contribution in [0.25, 0.3) is 0 Å². The molecular weight excluding hydrogens is 1210 g/mol. The van der Waals surface area contributed by atoms with E-state index in [2.05, 4.69) is 125 Å². The molecule has 92 heavy (non-hydrogen) atoms. The van der Waals surface area contributed by atoms with E-state index in [1.807, 2.05) is 0 Å². The van der Waals surface area contributed by atoms with Crippen molar-refractivity contribution in [2.24, 2.45) is 0 Å². The minimum absolute atomic E-state index is 0.0749. The van der Waals surface area contributed by atoms with Crippen LogP contribution >= 0.6 is 15.6 Å². The molecule has 3 N–H and O–H groups in total. The Morgan fingerprint density at radius 2 is 0.587 bits per heavy atom. The van der Waals surface area contributed by atoms with E-state index >= 15 is 0 Å². The SMILES string of the molecule is CC/C=C\C/C=C\C/C=C\C/C=C\CCCCC(=O)OCC(COP(=O)(O)OCC(O)COP(=O)(O)OCC(COC(=O)CCCCCCC/C=C\C/C=C\CCC)OC(=O)CCCCCCC/C=C\C/C=C\CCC)OC(=O)CCCCCCCCCCCCC. The van der Waals surface area contributed by atoms with Crippen molar-refractivity contribution in [3.63, 3.8) is 0 Å². The van der Waals surface area contributed by atoms with Crippen LogP contribution in [0.4, 0.5) is 0 Å². The second-order valence-electron chi connectivity index (χ2n) is 23.4. The lowest BCUT2D eigenvalue weighted by Crippen LogP contribution is -2.30. The summed E-state index contributed by atoms with van der Waals surface area (Å²) in [6, 6.07) is 0. The van der Waals surface area contributed by atoms with Gasteiger partial charge >= 0.3 is 39.5 Å². The Balaban J connectivity index is 5.36. The number of unbranched alkanes of at least 4 members (excludes halogenated alkanes) is 24. The van der Waals surface area contributed by atoms with Gasteiger partial charge in [-0.1, -0.05) is 240 Å². The van der Waals surface area contributed by atoms with Crippen LogP contribution in [0.2, 0.25) is 0 Å². The lowest BCUT2D eigenvalue weighted by molar-refractivity contribution is -0.161. The summed E-state index contributed by atoms with van der Waals surface area (Å²) >= 11 is 0. The van der Waals surface area contributed by atoms with Crippen molar-refractivity contribution >= 4 is 39.5 Å². The predicted molar refractivity (Wildman–Crippen MR) is 372 cm³/mol. The van der Waals surface area contributed by atoms with Crippen LogP contribution in [0.5, 0.6) is 0 Å². The van der Waals surface area contributed by atoms with Crippen LogP contribution in [0.1, 0.15) is 285 Å². The summed E-state index contributed by atoms with van der Waals surface area (Å²) in [5.41, 5.74) is 0. The number of phosphoric acid groups is 2. The van der Waals surface area contributed by atoms with Crippen LogP contribution in [0.3, 0.4) is 0 Å². The quantitative estimate of drug-likeness (QED) is 0.0169. The average molecular weight is 1340 g/mol. The molecule has 0 aliphatic carbocycles. The molecule has 0 amide bonds. The van der Waals surface area contributed by atoms with E-state index in [4.69, 9.17) is 37.0 Å². The van der Waals surface area contributed by atoms with Crippen molar-refractivity contribution in [3.05, 3.63) is 97.2 Å². The summed E-state index contributed by atoms with van der Waals surface area (Å²) in [5, 5.41) is 10.6. The maximum Gasteiger partial charge on any atom is 0.472 e. The van der Waals surface area contributed by atoms with Gasteiger partial charge in [0.25, 0.3) is 0 Å². The third-order valence-corrected chi connectivity index (χ3v) is 16.4. The van der Waals surface area contributed by atoms with Crippen LogP contribution < -0.4 is 0 Å². The maximum atomic E-state index is 13.0. The lowest BCUT2D eigenvalue weighted by Gasteiger charge is -2.21. The zero-order chi connectivity index (χ0) is 67.5. The molecule has 530 valence electrons. The van der Waals surface area contributed by atoms with E-state index in [0.29, 0.717) is 25.7 Å². The summed E-state index contributed by atoms with van der Waals surface area (Å²) in [4.78, 5) is 72.5. The van der Waals surface area contributed by atoms with Crippen LogP contribution in [-0.4, -0.2) is 96.7 Å². The van der Waals surface area contributed by atoms with E-state index in [-0.39, 0.29) is 25.7 Å². The van der Waals surface area contributed by atoms with Gasteiger partial charge in [-0.05, 0) is 116 Å². The molecule has 0 saturated carbocycles. The van der Waals surface area contributed by atoms with Crippen molar-refractivity contribution in [1.82, 2.24) is 0 Å². The molecule has 5 unspecified atom stereocenters. The zero-order valence-electron chi connectivity index (χ0n) is 57.4. The minimum atomic E-state index is -4.97. The summed E-state index contributed by atoms with van der Waals surface area (Å²) in [6.45, 7) is 4.53. The van der Waals surface area contributed by atoms with Crippen LogP contribution in [0, 0.1) is 0 Å². The van der Waals surface area contributed by atoms with Gasteiger partial charge in [0.15, 0.2) is 12.2 Å². The number of hydrogen-bond acceptors (Lipinski definition) is 15. The number of rotatable bonds is 66. The Morgan fingerprint density at radius 1 is 0.315 bits per heavy atom. The molecule has 0 aromatic carbocycles. The zero-order valence-corrected chi connectivity index (χ0v) is 59.2. The molecule has 0 heterocycles. The first-order valence-corrected chi connectivity index (χ1v) is 38.5. The Labute approximate surface area is 557 Å². The molecule has 0 aromatic rings. The molecule has 0 radical (unpaired) electrons. The molecule has 17 nitrogen and oxygen atoms in total. The van der Waals surface area contributed by atoms with E-state index in [9.17, 15) is 43.2 Å². The first-order valence-electron chi connectivity index (χ1n) is 35.5. The van der Waals surface area contributed by atoms with Gasteiger partial charge in [-0.2, -0.15) is 0 Å². The summed E-state index contributed by atoms with van der Waals surface area (Å²) < 4.78 is 68.2. The van der Waals surface area contributed by atoms with Crippen molar-refractivity contribution < 1.29 is 80.2 Å². The summed E-state index contributed by atoms with van der Waals surface area (Å²) in [6.07, 6.45) is 65.7. The Hall–Kier alpha value is -4.02. The van der Waals surface area contributed by atoms with Crippen molar-refractivity contribution in [2.75, 3.05) is 39.6 Å². The molecule has 0 saturated heterocycles. The highest BCUT2D eigenvalue weighted by atomic mass is 31.2. The molecule has 0 bridgehead atoms. The fourth-order valence-electron chi connectivity index (χ4n) is 9.11. The number of carbonyl (C=O) groups is 4. The molecule has 19 heteroatoms. The molecule has 0 rings (SSSR count). The molecule has 0 spiro atoms. The highest BCUT2D eigenvalue weighted by Crippen LogP contribution is 2.45. The number of carbonyl (C=O) groups excluding carboxylic acids is 4. The number of allylic oxidation sites excluding steroid dienone is 16. The van der Waals surface area contributed by atoms with Gasteiger partial charge in [0, 0.05) is 25.7 Å². The van der Waals surface area contributed by atoms with E-state index < -0.39 is 97.5 Å². The Kier molecular flexibility index (Phi) is 62.8. The fourth-order valence-corrected chi connectivity index (χ4v) is 10.7. The number of esters is 4. The van der Waals surface area contributed by atoms with Crippen LogP contribution in [-0.2, 0) is 65.4 Å². The Morgan fingerprint density at radius 3 is 0.935 bits per heavy atom. The second kappa shape index (κ2) is 65.6. The monoisotopic (exact) mass is 1340 g/mol. The van der Waals surface area contributed by atoms with Gasteiger partial charge in [-0.25, -0.2) is 9.13 Å². The van der Waals surface area contributed by atoms with E-state index in [0.717, 1.165) is 167 Å². The molecule has 0 aromatic heterocycles. The highest BCUT2D eigenvalue weighted by molar-refractivity contribution is 7.47. The van der Waals surface area contributed by atoms with E-state index in [1.54, 1.807) is 0 Å². The molecule has 5 atom stereocenters.